The van der Waals surface area contributed by atoms with Crippen molar-refractivity contribution in [2.45, 2.75) is 30.1 Å². The number of hydrogen-bond donors (Lipinski definition) is 0. The van der Waals surface area contributed by atoms with Crippen LogP contribution in [0.4, 0.5) is 17.6 Å². The van der Waals surface area contributed by atoms with Crippen molar-refractivity contribution < 1.29 is 22.3 Å². The van der Waals surface area contributed by atoms with Gasteiger partial charge in [0.15, 0.2) is 11.0 Å². The summed E-state index contributed by atoms with van der Waals surface area (Å²) >= 11 is 1.22. The number of nitrogens with zero attached hydrogens (tertiary/aromatic N) is 4. The summed E-state index contributed by atoms with van der Waals surface area (Å²) in [6.45, 7) is 1.05. The molecule has 0 spiro atoms. The first-order valence-corrected chi connectivity index (χ1v) is 13.2. The molecule has 0 aliphatic heterocycles. The maximum Gasteiger partial charge on any atom is 0.416 e. The molecule has 2 heterocycles. The van der Waals surface area contributed by atoms with Crippen LogP contribution in [-0.2, 0) is 23.2 Å². The van der Waals surface area contributed by atoms with Crippen LogP contribution < -0.4 is 0 Å². The Morgan fingerprint density at radius 1 is 0.923 bits per heavy atom. The molecule has 200 valence electrons. The molecular formula is C29H24F4N4OS. The minimum atomic E-state index is -4.60. The molecule has 0 saturated heterocycles. The number of methoxy groups -OCH3 is 1. The second kappa shape index (κ2) is 11.5. The number of thioether (sulfide) groups is 1. The molecule has 0 fully saturated rings. The number of ether oxygens (including phenoxy) is 1. The van der Waals surface area contributed by atoms with Gasteiger partial charge in [-0.3, -0.25) is 0 Å². The lowest BCUT2D eigenvalue weighted by Crippen LogP contribution is -2.07. The van der Waals surface area contributed by atoms with Gasteiger partial charge in [-0.25, -0.2) is 9.37 Å². The van der Waals surface area contributed by atoms with Crippen LogP contribution in [0.15, 0.2) is 84.0 Å². The van der Waals surface area contributed by atoms with Crippen LogP contribution in [0.2, 0.25) is 0 Å². The number of halogens is 4. The molecule has 39 heavy (non-hydrogen) atoms. The van der Waals surface area contributed by atoms with Crippen LogP contribution >= 0.6 is 11.8 Å². The molecule has 0 amide bonds. The highest BCUT2D eigenvalue weighted by molar-refractivity contribution is 7.98. The Labute approximate surface area is 226 Å². The Morgan fingerprint density at radius 3 is 2.44 bits per heavy atom. The molecule has 3 aromatic carbocycles. The predicted molar refractivity (Wildman–Crippen MR) is 144 cm³/mol. The first kappa shape index (κ1) is 26.8. The van der Waals surface area contributed by atoms with Crippen molar-refractivity contribution in [2.75, 3.05) is 13.7 Å². The van der Waals surface area contributed by atoms with Gasteiger partial charge in [0.2, 0.25) is 0 Å². The van der Waals surface area contributed by atoms with Gasteiger partial charge in [-0.15, -0.1) is 10.2 Å². The van der Waals surface area contributed by atoms with Crippen molar-refractivity contribution >= 4 is 22.7 Å². The zero-order chi connectivity index (χ0) is 27.4. The molecule has 0 bridgehead atoms. The first-order valence-electron chi connectivity index (χ1n) is 12.2. The van der Waals surface area contributed by atoms with Gasteiger partial charge in [0.25, 0.3) is 0 Å². The van der Waals surface area contributed by atoms with Gasteiger partial charge in [0.05, 0.1) is 16.8 Å². The lowest BCUT2D eigenvalue weighted by molar-refractivity contribution is -0.137. The average Bonchev–Trinajstić information content (AvgIpc) is 3.34. The fourth-order valence-corrected chi connectivity index (χ4v) is 5.21. The highest BCUT2D eigenvalue weighted by atomic mass is 32.2. The number of benzene rings is 3. The monoisotopic (exact) mass is 552 g/mol. The molecule has 0 radical (unpaired) electrons. The van der Waals surface area contributed by atoms with Crippen molar-refractivity contribution in [2.24, 2.45) is 0 Å². The van der Waals surface area contributed by atoms with E-state index in [1.165, 1.54) is 17.8 Å². The molecule has 5 rings (SSSR count). The number of pyridine rings is 1. The fourth-order valence-electron chi connectivity index (χ4n) is 4.26. The largest absolute Gasteiger partial charge is 0.416 e. The molecule has 5 aromatic rings. The zero-order valence-corrected chi connectivity index (χ0v) is 21.8. The van der Waals surface area contributed by atoms with Crippen LogP contribution in [0.1, 0.15) is 17.5 Å². The summed E-state index contributed by atoms with van der Waals surface area (Å²) in [4.78, 5) is 4.85. The van der Waals surface area contributed by atoms with E-state index in [0.717, 1.165) is 33.8 Å². The first-order chi connectivity index (χ1) is 18.8. The number of rotatable bonds is 9. The SMILES string of the molecule is COCCCn1c(SCc2ccc(C(F)(F)F)cc2F)nnc1-c1cc(-c2ccccc2)nc2ccccc12. The molecule has 2 aromatic heterocycles. The Morgan fingerprint density at radius 2 is 1.69 bits per heavy atom. The molecule has 5 nitrogen and oxygen atoms in total. The number of aromatic nitrogens is 4. The summed E-state index contributed by atoms with van der Waals surface area (Å²) in [7, 11) is 1.62. The Kier molecular flexibility index (Phi) is 7.94. The highest BCUT2D eigenvalue weighted by Crippen LogP contribution is 2.35. The second-order valence-electron chi connectivity index (χ2n) is 8.84. The molecule has 0 unspecified atom stereocenters. The maximum atomic E-state index is 14.5. The van der Waals surface area contributed by atoms with Gasteiger partial charge in [-0.05, 0) is 36.2 Å². The van der Waals surface area contributed by atoms with Gasteiger partial charge in [-0.1, -0.05) is 66.4 Å². The summed E-state index contributed by atoms with van der Waals surface area (Å²) < 4.78 is 60.6. The van der Waals surface area contributed by atoms with E-state index in [0.29, 0.717) is 36.6 Å². The van der Waals surface area contributed by atoms with E-state index in [2.05, 4.69) is 10.2 Å². The topological polar surface area (TPSA) is 52.8 Å². The molecule has 0 N–H and O–H groups in total. The van der Waals surface area contributed by atoms with Crippen molar-refractivity contribution in [3.05, 3.63) is 95.8 Å². The van der Waals surface area contributed by atoms with Gasteiger partial charge >= 0.3 is 6.18 Å². The summed E-state index contributed by atoms with van der Waals surface area (Å²) in [5, 5.41) is 10.3. The summed E-state index contributed by atoms with van der Waals surface area (Å²) in [5.41, 5.74) is 2.54. The minimum absolute atomic E-state index is 0.0960. The summed E-state index contributed by atoms with van der Waals surface area (Å²) in [6, 6.07) is 22.2. The normalized spacial score (nSPS) is 11.8. The van der Waals surface area contributed by atoms with E-state index in [1.807, 2.05) is 65.2 Å². The van der Waals surface area contributed by atoms with Crippen molar-refractivity contribution in [1.82, 2.24) is 19.7 Å². The zero-order valence-electron chi connectivity index (χ0n) is 21.0. The number of alkyl halides is 3. The number of fused-ring (bicyclic) bond motifs is 1. The third-order valence-corrected chi connectivity index (χ3v) is 7.23. The lowest BCUT2D eigenvalue weighted by atomic mass is 10.0. The maximum absolute atomic E-state index is 14.5. The summed E-state index contributed by atoms with van der Waals surface area (Å²) in [6.07, 6.45) is -3.92. The number of hydrogen-bond acceptors (Lipinski definition) is 5. The molecule has 10 heteroatoms. The smallest absolute Gasteiger partial charge is 0.385 e. The van der Waals surface area contributed by atoms with Crippen LogP contribution in [-0.4, -0.2) is 33.5 Å². The van der Waals surface area contributed by atoms with Crippen molar-refractivity contribution in [3.63, 3.8) is 0 Å². The molecule has 0 saturated carbocycles. The Hall–Kier alpha value is -3.76. The Bertz CT molecular complexity index is 1590. The molecule has 0 atom stereocenters. The van der Waals surface area contributed by atoms with Crippen molar-refractivity contribution in [3.8, 4) is 22.6 Å². The third kappa shape index (κ3) is 5.97. The third-order valence-electron chi connectivity index (χ3n) is 6.21. The van der Waals surface area contributed by atoms with Crippen molar-refractivity contribution in [1.29, 1.82) is 0 Å². The van der Waals surface area contributed by atoms with E-state index in [-0.39, 0.29) is 11.3 Å². The van der Waals surface area contributed by atoms with E-state index in [1.54, 1.807) is 7.11 Å². The van der Waals surface area contributed by atoms with Crippen LogP contribution in [0, 0.1) is 5.82 Å². The van der Waals surface area contributed by atoms with Crippen LogP contribution in [0.5, 0.6) is 0 Å². The molecular weight excluding hydrogens is 528 g/mol. The van der Waals surface area contributed by atoms with E-state index in [9.17, 15) is 17.6 Å². The minimum Gasteiger partial charge on any atom is -0.385 e. The van der Waals surface area contributed by atoms with Gasteiger partial charge in [0, 0.05) is 42.5 Å². The van der Waals surface area contributed by atoms with Gasteiger partial charge in [0.1, 0.15) is 5.82 Å². The standard InChI is InChI=1S/C29H24F4N4OS/c1-38-15-7-14-37-27(35-36-28(37)39-18-20-12-13-21(16-24(20)30)29(31,32)33)23-17-26(19-8-3-2-4-9-19)34-25-11-6-5-10-22(23)25/h2-6,8-13,16-17H,7,14-15,18H2,1H3. The summed E-state index contributed by atoms with van der Waals surface area (Å²) in [5.74, 6) is -0.188. The second-order valence-corrected chi connectivity index (χ2v) is 9.78. The molecule has 0 aliphatic carbocycles. The van der Waals surface area contributed by atoms with E-state index >= 15 is 0 Å². The van der Waals surface area contributed by atoms with Crippen LogP contribution in [0.3, 0.4) is 0 Å². The van der Waals surface area contributed by atoms with Crippen LogP contribution in [0.25, 0.3) is 33.5 Å². The lowest BCUT2D eigenvalue weighted by Gasteiger charge is -2.13. The van der Waals surface area contributed by atoms with Gasteiger partial charge < -0.3 is 9.30 Å². The quantitative estimate of drug-likeness (QED) is 0.107. The van der Waals surface area contributed by atoms with E-state index < -0.39 is 17.6 Å². The predicted octanol–water partition coefficient (Wildman–Crippen LogP) is 7.65. The van der Waals surface area contributed by atoms with E-state index in [4.69, 9.17) is 9.72 Å². The molecule has 0 aliphatic rings. The highest BCUT2D eigenvalue weighted by Gasteiger charge is 2.31. The number of para-hydroxylation sites is 1. The average molecular weight is 553 g/mol. The Balaban J connectivity index is 1.54. The van der Waals surface area contributed by atoms with Gasteiger partial charge in [-0.2, -0.15) is 13.2 Å². The fraction of sp³-hybridized carbons (Fsp3) is 0.207.